The van der Waals surface area contributed by atoms with Crippen LogP contribution >= 0.6 is 0 Å². The van der Waals surface area contributed by atoms with Gasteiger partial charge in [0.1, 0.15) is 12.1 Å². The summed E-state index contributed by atoms with van der Waals surface area (Å²) in [5.74, 6) is -1.29. The molecule has 0 radical (unpaired) electrons. The summed E-state index contributed by atoms with van der Waals surface area (Å²) in [7, 11) is 0. The van der Waals surface area contributed by atoms with Gasteiger partial charge in [-0.15, -0.1) is 0 Å². The highest BCUT2D eigenvalue weighted by molar-refractivity contribution is 5.83. The van der Waals surface area contributed by atoms with Crippen LogP contribution in [0.4, 0.5) is 0 Å². The maximum atomic E-state index is 12.8. The van der Waals surface area contributed by atoms with Gasteiger partial charge in [0, 0.05) is 12.8 Å². The molecule has 0 bridgehead atoms. The number of carboxylic acids is 1. The molecule has 0 aliphatic carbocycles. The van der Waals surface area contributed by atoms with Crippen molar-refractivity contribution >= 4 is 17.8 Å². The van der Waals surface area contributed by atoms with Gasteiger partial charge in [-0.05, 0) is 96.4 Å². The molecule has 0 aromatic rings. The Morgan fingerprint density at radius 3 is 1.40 bits per heavy atom. The fourth-order valence-corrected chi connectivity index (χ4v) is 7.02. The summed E-state index contributed by atoms with van der Waals surface area (Å²) < 4.78 is 6.05. The number of rotatable bonds is 43. The first-order valence-corrected chi connectivity index (χ1v) is 24.1. The van der Waals surface area contributed by atoms with E-state index in [0.717, 1.165) is 96.3 Å². The Bertz CT molecular complexity index is 1090. The fraction of sp³-hybridized carbons (Fsp3) is 0.745. The molecular weight excluding hydrogens is 721 g/mol. The van der Waals surface area contributed by atoms with Gasteiger partial charge in [-0.1, -0.05) is 184 Å². The van der Waals surface area contributed by atoms with Gasteiger partial charge in [0.2, 0.25) is 5.91 Å². The number of carbonyl (C=O) groups excluding carboxylic acids is 2. The van der Waals surface area contributed by atoms with Crippen molar-refractivity contribution in [2.75, 3.05) is 6.54 Å². The smallest absolute Gasteiger partial charge is 0.326 e. The highest BCUT2D eigenvalue weighted by Crippen LogP contribution is 2.19. The van der Waals surface area contributed by atoms with E-state index in [1.165, 1.54) is 89.9 Å². The number of nitrogens with one attached hydrogen (secondary N) is 1. The van der Waals surface area contributed by atoms with Gasteiger partial charge in [0.15, 0.2) is 0 Å². The molecule has 2 atom stereocenters. The molecule has 0 saturated heterocycles. The van der Waals surface area contributed by atoms with E-state index in [0.29, 0.717) is 32.2 Å². The molecule has 7 nitrogen and oxygen atoms in total. The Morgan fingerprint density at radius 2 is 0.948 bits per heavy atom. The molecule has 0 aromatic carbocycles. The Morgan fingerprint density at radius 1 is 0.517 bits per heavy atom. The predicted octanol–water partition coefficient (Wildman–Crippen LogP) is 14.1. The van der Waals surface area contributed by atoms with Crippen LogP contribution in [0.1, 0.15) is 226 Å². The number of allylic oxidation sites excluding steroid dienone is 10. The van der Waals surface area contributed by atoms with E-state index >= 15 is 0 Å². The zero-order valence-corrected chi connectivity index (χ0v) is 37.6. The number of aliphatic carboxylic acids is 1. The Kier molecular flexibility index (Phi) is 42.9. The number of hydrogen-bond acceptors (Lipinski definition) is 5. The predicted molar refractivity (Wildman–Crippen MR) is 248 cm³/mol. The quantitative estimate of drug-likeness (QED) is 0.0321. The summed E-state index contributed by atoms with van der Waals surface area (Å²) in [6, 6.07) is -0.863. The van der Waals surface area contributed by atoms with E-state index < -0.39 is 12.0 Å². The van der Waals surface area contributed by atoms with Gasteiger partial charge in [-0.2, -0.15) is 0 Å². The number of carbonyl (C=O) groups is 3. The number of ether oxygens (including phenoxy) is 1. The Balaban J connectivity index is 4.42. The molecule has 2 unspecified atom stereocenters. The van der Waals surface area contributed by atoms with Crippen molar-refractivity contribution in [3.63, 3.8) is 0 Å². The molecule has 0 aliphatic heterocycles. The van der Waals surface area contributed by atoms with E-state index in [1.807, 2.05) is 0 Å². The summed E-state index contributed by atoms with van der Waals surface area (Å²) in [6.45, 7) is 4.84. The SMILES string of the molecule is CC/C=C\C/C=C\C/C=C\C/C=C\C/C=C\CCCC(=O)OC(CCCCCCCCCCCCCCCCC)CCCCCCCC(=O)NC(CCCN)C(=O)O. The van der Waals surface area contributed by atoms with Crippen LogP contribution in [0.15, 0.2) is 60.8 Å². The van der Waals surface area contributed by atoms with E-state index in [-0.39, 0.29) is 18.0 Å². The lowest BCUT2D eigenvalue weighted by Gasteiger charge is -2.18. The molecule has 0 aromatic heterocycles. The van der Waals surface area contributed by atoms with Crippen LogP contribution in [0, 0.1) is 0 Å². The first-order chi connectivity index (χ1) is 28.4. The van der Waals surface area contributed by atoms with Gasteiger partial charge >= 0.3 is 11.9 Å². The molecule has 7 heteroatoms. The van der Waals surface area contributed by atoms with E-state index in [9.17, 15) is 19.5 Å². The van der Waals surface area contributed by atoms with Crippen molar-refractivity contribution in [2.24, 2.45) is 5.73 Å². The molecule has 0 heterocycles. The van der Waals surface area contributed by atoms with E-state index in [4.69, 9.17) is 10.5 Å². The number of nitrogens with two attached hydrogens (primary N) is 1. The van der Waals surface area contributed by atoms with Crippen molar-refractivity contribution in [1.29, 1.82) is 0 Å². The third-order valence-corrected chi connectivity index (χ3v) is 10.6. The zero-order valence-electron chi connectivity index (χ0n) is 37.6. The van der Waals surface area contributed by atoms with Gasteiger partial charge in [-0.25, -0.2) is 4.79 Å². The van der Waals surface area contributed by atoms with Crippen LogP contribution in [0.3, 0.4) is 0 Å². The molecular formula is C51H90N2O5. The summed E-state index contributed by atoms with van der Waals surface area (Å²) in [6.07, 6.45) is 57.0. The second-order valence-electron chi connectivity index (χ2n) is 16.1. The summed E-state index contributed by atoms with van der Waals surface area (Å²) in [4.78, 5) is 36.5. The first kappa shape index (κ1) is 55.1. The van der Waals surface area contributed by atoms with Gasteiger partial charge in [-0.3, -0.25) is 9.59 Å². The van der Waals surface area contributed by atoms with Crippen LogP contribution < -0.4 is 11.1 Å². The van der Waals surface area contributed by atoms with Crippen LogP contribution in [-0.4, -0.2) is 41.6 Å². The number of unbranched alkanes of at least 4 members (excludes halogenated alkanes) is 19. The Labute approximate surface area is 357 Å². The number of esters is 1. The molecule has 0 spiro atoms. The fourth-order valence-electron chi connectivity index (χ4n) is 7.02. The molecule has 1 amide bonds. The maximum absolute atomic E-state index is 12.8. The van der Waals surface area contributed by atoms with Gasteiger partial charge in [0.25, 0.3) is 0 Å². The maximum Gasteiger partial charge on any atom is 0.326 e. The van der Waals surface area contributed by atoms with Crippen molar-refractivity contribution in [3.8, 4) is 0 Å². The first-order valence-electron chi connectivity index (χ1n) is 24.1. The second kappa shape index (κ2) is 45.2. The lowest BCUT2D eigenvalue weighted by Crippen LogP contribution is -2.40. The highest BCUT2D eigenvalue weighted by Gasteiger charge is 2.19. The van der Waals surface area contributed by atoms with Crippen molar-refractivity contribution < 1.29 is 24.2 Å². The van der Waals surface area contributed by atoms with Crippen LogP contribution in [-0.2, 0) is 19.1 Å². The third-order valence-electron chi connectivity index (χ3n) is 10.6. The average molecular weight is 811 g/mol. The standard InChI is InChI=1S/C51H90N2O5/c1-3-5-7-9-11-13-15-17-19-20-22-24-26-28-30-35-39-45-50(55)58-47(41-36-32-29-27-25-23-21-18-16-14-12-10-8-6-4-2)42-37-33-31-34-38-44-49(54)53-48(51(56)57)43-40-46-52/h5,7,11,13,17,19,22,24,28,30,47-48H,3-4,6,8-10,12,14-16,18,20-21,23,25-27,29,31-46,52H2,1-2H3,(H,53,54)(H,56,57)/b7-5-,13-11-,19-17-,24-22-,30-28-. The van der Waals surface area contributed by atoms with Crippen LogP contribution in [0.5, 0.6) is 0 Å². The lowest BCUT2D eigenvalue weighted by atomic mass is 10.0. The highest BCUT2D eigenvalue weighted by atomic mass is 16.5. The van der Waals surface area contributed by atoms with E-state index in [2.05, 4.69) is 79.9 Å². The van der Waals surface area contributed by atoms with Crippen molar-refractivity contribution in [3.05, 3.63) is 60.8 Å². The average Bonchev–Trinajstić information content (AvgIpc) is 3.21. The molecule has 58 heavy (non-hydrogen) atoms. The largest absolute Gasteiger partial charge is 0.480 e. The lowest BCUT2D eigenvalue weighted by molar-refractivity contribution is -0.150. The molecule has 0 fully saturated rings. The van der Waals surface area contributed by atoms with Crippen LogP contribution in [0.2, 0.25) is 0 Å². The van der Waals surface area contributed by atoms with Gasteiger partial charge in [0.05, 0.1) is 0 Å². The molecule has 4 N–H and O–H groups in total. The third kappa shape index (κ3) is 41.2. The number of hydrogen-bond donors (Lipinski definition) is 3. The monoisotopic (exact) mass is 811 g/mol. The minimum absolute atomic E-state index is 0.0181. The zero-order chi connectivity index (χ0) is 42.4. The summed E-state index contributed by atoms with van der Waals surface area (Å²) >= 11 is 0. The van der Waals surface area contributed by atoms with Crippen molar-refractivity contribution in [2.45, 2.75) is 238 Å². The molecule has 0 aliphatic rings. The normalized spacial score (nSPS) is 13.2. The van der Waals surface area contributed by atoms with E-state index in [1.54, 1.807) is 0 Å². The number of amides is 1. The van der Waals surface area contributed by atoms with Gasteiger partial charge < -0.3 is 20.9 Å². The number of carboxylic acid groups (broad SMARTS) is 1. The van der Waals surface area contributed by atoms with Crippen molar-refractivity contribution in [1.82, 2.24) is 5.32 Å². The molecule has 0 rings (SSSR count). The minimum Gasteiger partial charge on any atom is -0.480 e. The molecule has 0 saturated carbocycles. The Hall–Kier alpha value is -2.93. The minimum atomic E-state index is -1.01. The summed E-state index contributed by atoms with van der Waals surface area (Å²) in [5, 5.41) is 12.0. The topological polar surface area (TPSA) is 119 Å². The summed E-state index contributed by atoms with van der Waals surface area (Å²) in [5.41, 5.74) is 5.49. The molecule has 334 valence electrons. The second-order valence-corrected chi connectivity index (χ2v) is 16.1. The van der Waals surface area contributed by atoms with Crippen LogP contribution in [0.25, 0.3) is 0 Å².